The van der Waals surface area contributed by atoms with Gasteiger partial charge < -0.3 is 20.4 Å². The van der Waals surface area contributed by atoms with Gasteiger partial charge in [-0.1, -0.05) is 0 Å². The first-order valence-electron chi connectivity index (χ1n) is 5.90. The number of likely N-dealkylation sites (tertiary alicyclic amines) is 1. The molecule has 1 saturated carbocycles. The molecular weight excluding hydrogens is 224 g/mol. The molecule has 0 aromatic carbocycles. The summed E-state index contributed by atoms with van der Waals surface area (Å²) in [5.41, 5.74) is -0.852. The minimum Gasteiger partial charge on any atom is -0.480 e. The highest BCUT2D eigenvalue weighted by molar-refractivity contribution is 5.83. The molecule has 3 N–H and O–H groups in total. The summed E-state index contributed by atoms with van der Waals surface area (Å²) in [6.45, 7) is 2.40. The van der Waals surface area contributed by atoms with E-state index in [1.807, 2.05) is 0 Å². The minimum atomic E-state index is -0.980. The number of aliphatic carboxylic acids is 1. The van der Waals surface area contributed by atoms with Crippen LogP contribution in [0.5, 0.6) is 0 Å². The van der Waals surface area contributed by atoms with E-state index in [1.54, 1.807) is 6.92 Å². The van der Waals surface area contributed by atoms with Crippen LogP contribution in [-0.4, -0.2) is 51.8 Å². The number of nitrogens with zero attached hydrogens (tertiary/aromatic N) is 1. The number of carbonyl (C=O) groups excluding carboxylic acids is 1. The molecule has 2 amide bonds. The number of nitrogens with one attached hydrogen (secondary N) is 1. The van der Waals surface area contributed by atoms with Gasteiger partial charge in [0.15, 0.2) is 0 Å². The van der Waals surface area contributed by atoms with E-state index >= 15 is 0 Å². The number of carboxylic acid groups (broad SMARTS) is 1. The lowest BCUT2D eigenvalue weighted by Gasteiger charge is -2.22. The van der Waals surface area contributed by atoms with Gasteiger partial charge >= 0.3 is 12.0 Å². The maximum atomic E-state index is 11.8. The summed E-state index contributed by atoms with van der Waals surface area (Å²) in [5, 5.41) is 21.3. The van der Waals surface area contributed by atoms with Gasteiger partial charge in [-0.3, -0.25) is 0 Å². The molecule has 17 heavy (non-hydrogen) atoms. The molecule has 2 atom stereocenters. The third-order valence-corrected chi connectivity index (χ3v) is 3.38. The molecule has 1 saturated heterocycles. The van der Waals surface area contributed by atoms with Gasteiger partial charge in [-0.05, 0) is 32.1 Å². The van der Waals surface area contributed by atoms with Crippen LogP contribution in [0.15, 0.2) is 0 Å². The highest BCUT2D eigenvalue weighted by Gasteiger charge is 2.40. The number of rotatable bonds is 3. The number of hydrogen-bond donors (Lipinski definition) is 3. The molecule has 6 nitrogen and oxygen atoms in total. The quantitative estimate of drug-likeness (QED) is 0.650. The second-order valence-electron chi connectivity index (χ2n) is 5.27. The lowest BCUT2D eigenvalue weighted by atomic mass is 10.1. The molecule has 0 bridgehead atoms. The summed E-state index contributed by atoms with van der Waals surface area (Å²) in [7, 11) is 0. The molecule has 0 spiro atoms. The average molecular weight is 242 g/mol. The SMILES string of the molecule is CC1(O)CCN(C(=O)NC(C(=O)O)C2CC2)C1. The number of aliphatic hydroxyl groups is 1. The van der Waals surface area contributed by atoms with Gasteiger partial charge in [0.05, 0.1) is 12.1 Å². The largest absolute Gasteiger partial charge is 0.480 e. The molecule has 2 aliphatic rings. The van der Waals surface area contributed by atoms with Gasteiger partial charge in [-0.15, -0.1) is 0 Å². The first kappa shape index (κ1) is 12.2. The normalized spacial score (nSPS) is 30.1. The molecule has 0 radical (unpaired) electrons. The van der Waals surface area contributed by atoms with Gasteiger partial charge in [0.1, 0.15) is 6.04 Å². The lowest BCUT2D eigenvalue weighted by Crippen LogP contribution is -2.49. The molecular formula is C11H18N2O4. The molecule has 2 unspecified atom stereocenters. The maximum Gasteiger partial charge on any atom is 0.326 e. The Morgan fingerprint density at radius 2 is 2.12 bits per heavy atom. The van der Waals surface area contributed by atoms with Crippen LogP contribution in [-0.2, 0) is 4.79 Å². The summed E-state index contributed by atoms with van der Waals surface area (Å²) >= 11 is 0. The van der Waals surface area contributed by atoms with E-state index in [-0.39, 0.29) is 18.5 Å². The number of urea groups is 1. The van der Waals surface area contributed by atoms with Crippen molar-refractivity contribution in [3.05, 3.63) is 0 Å². The van der Waals surface area contributed by atoms with Crippen molar-refractivity contribution in [2.24, 2.45) is 5.92 Å². The smallest absolute Gasteiger partial charge is 0.326 e. The zero-order chi connectivity index (χ0) is 12.6. The first-order valence-corrected chi connectivity index (χ1v) is 5.90. The summed E-state index contributed by atoms with van der Waals surface area (Å²) < 4.78 is 0. The van der Waals surface area contributed by atoms with E-state index in [1.165, 1.54) is 4.90 Å². The molecule has 1 aliphatic carbocycles. The zero-order valence-electron chi connectivity index (χ0n) is 9.85. The van der Waals surface area contributed by atoms with Crippen molar-refractivity contribution in [3.8, 4) is 0 Å². The van der Waals surface area contributed by atoms with E-state index in [2.05, 4.69) is 5.32 Å². The Morgan fingerprint density at radius 3 is 2.53 bits per heavy atom. The summed E-state index contributed by atoms with van der Waals surface area (Å²) in [4.78, 5) is 24.3. The highest BCUT2D eigenvalue weighted by atomic mass is 16.4. The van der Waals surface area contributed by atoms with Crippen molar-refractivity contribution in [2.45, 2.75) is 37.8 Å². The molecule has 96 valence electrons. The van der Waals surface area contributed by atoms with Crippen molar-refractivity contribution in [3.63, 3.8) is 0 Å². The summed E-state index contributed by atoms with van der Waals surface area (Å²) in [5.74, 6) is -0.911. The van der Waals surface area contributed by atoms with Crippen molar-refractivity contribution < 1.29 is 19.8 Å². The fraction of sp³-hybridized carbons (Fsp3) is 0.818. The molecule has 2 rings (SSSR count). The standard InChI is InChI=1S/C11H18N2O4/c1-11(17)4-5-13(6-11)10(16)12-8(9(14)15)7-2-3-7/h7-8,17H,2-6H2,1H3,(H,12,16)(H,14,15). The Morgan fingerprint density at radius 1 is 1.47 bits per heavy atom. The van der Waals surface area contributed by atoms with Crippen LogP contribution < -0.4 is 5.32 Å². The van der Waals surface area contributed by atoms with Crippen molar-refractivity contribution in [1.29, 1.82) is 0 Å². The number of hydrogen-bond acceptors (Lipinski definition) is 3. The predicted octanol–water partition coefficient (Wildman–Crippen LogP) is 0.0159. The topological polar surface area (TPSA) is 89.9 Å². The molecule has 2 fully saturated rings. The third kappa shape index (κ3) is 2.88. The van der Waals surface area contributed by atoms with Crippen LogP contribution in [0.2, 0.25) is 0 Å². The van der Waals surface area contributed by atoms with E-state index in [9.17, 15) is 14.7 Å². The van der Waals surface area contributed by atoms with Crippen molar-refractivity contribution >= 4 is 12.0 Å². The molecule has 1 heterocycles. The van der Waals surface area contributed by atoms with Crippen LogP contribution in [0, 0.1) is 5.92 Å². The third-order valence-electron chi connectivity index (χ3n) is 3.38. The average Bonchev–Trinajstić information content (AvgIpc) is 2.98. The second-order valence-corrected chi connectivity index (χ2v) is 5.27. The minimum absolute atomic E-state index is 0.0690. The molecule has 1 aliphatic heterocycles. The van der Waals surface area contributed by atoms with E-state index in [0.29, 0.717) is 13.0 Å². The van der Waals surface area contributed by atoms with Crippen molar-refractivity contribution in [1.82, 2.24) is 10.2 Å². The number of carboxylic acids is 1. The second kappa shape index (κ2) is 4.18. The Hall–Kier alpha value is -1.30. The maximum absolute atomic E-state index is 11.8. The van der Waals surface area contributed by atoms with Gasteiger partial charge in [0.25, 0.3) is 0 Å². The van der Waals surface area contributed by atoms with E-state index in [0.717, 1.165) is 12.8 Å². The van der Waals surface area contributed by atoms with Gasteiger partial charge in [0.2, 0.25) is 0 Å². The number of β-amino-alcohol motifs (C(OH)–C–C–N with tert-alkyl or cyclic N) is 1. The van der Waals surface area contributed by atoms with Gasteiger partial charge in [0, 0.05) is 6.54 Å². The van der Waals surface area contributed by atoms with Crippen LogP contribution in [0.25, 0.3) is 0 Å². The molecule has 0 aromatic heterocycles. The Balaban J connectivity index is 1.90. The summed E-state index contributed by atoms with van der Waals surface area (Å²) in [6, 6.07) is -1.17. The van der Waals surface area contributed by atoms with Gasteiger partial charge in [-0.25, -0.2) is 9.59 Å². The van der Waals surface area contributed by atoms with E-state index < -0.39 is 17.6 Å². The van der Waals surface area contributed by atoms with E-state index in [4.69, 9.17) is 5.11 Å². The highest BCUT2D eigenvalue weighted by Crippen LogP contribution is 2.33. The molecule has 0 aromatic rings. The van der Waals surface area contributed by atoms with Crippen molar-refractivity contribution in [2.75, 3.05) is 13.1 Å². The number of amides is 2. The van der Waals surface area contributed by atoms with Crippen LogP contribution in [0.3, 0.4) is 0 Å². The first-order chi connectivity index (χ1) is 7.89. The Bertz CT molecular complexity index is 338. The lowest BCUT2D eigenvalue weighted by molar-refractivity contribution is -0.139. The van der Waals surface area contributed by atoms with Gasteiger partial charge in [-0.2, -0.15) is 0 Å². The Kier molecular flexibility index (Phi) is 2.99. The fourth-order valence-corrected chi connectivity index (χ4v) is 2.15. The number of carbonyl (C=O) groups is 2. The van der Waals surface area contributed by atoms with Crippen LogP contribution >= 0.6 is 0 Å². The van der Waals surface area contributed by atoms with Crippen LogP contribution in [0.1, 0.15) is 26.2 Å². The summed E-state index contributed by atoms with van der Waals surface area (Å²) in [6.07, 6.45) is 2.24. The van der Waals surface area contributed by atoms with Crippen LogP contribution in [0.4, 0.5) is 4.79 Å². The monoisotopic (exact) mass is 242 g/mol. The Labute approximate surface area is 99.6 Å². The fourth-order valence-electron chi connectivity index (χ4n) is 2.15. The molecule has 6 heteroatoms. The predicted molar refractivity (Wildman–Crippen MR) is 59.5 cm³/mol. The zero-order valence-corrected chi connectivity index (χ0v) is 9.85.